The molecule has 8 nitrogen and oxygen atoms in total. The Hall–Kier alpha value is -3.80. The van der Waals surface area contributed by atoms with Gasteiger partial charge in [-0.3, -0.25) is 4.79 Å². The number of anilines is 1. The van der Waals surface area contributed by atoms with Gasteiger partial charge >= 0.3 is 23.8 Å². The molecule has 0 aliphatic carbocycles. The van der Waals surface area contributed by atoms with E-state index in [9.17, 15) is 27.6 Å². The van der Waals surface area contributed by atoms with Crippen LogP contribution in [0.5, 0.6) is 0 Å². The molecule has 2 aromatic heterocycles. The molecule has 0 fully saturated rings. The van der Waals surface area contributed by atoms with Crippen LogP contribution < -0.4 is 10.6 Å². The molecule has 1 aromatic carbocycles. The van der Waals surface area contributed by atoms with Gasteiger partial charge in [-0.25, -0.2) is 9.59 Å². The number of nitrogens with one attached hydrogen (secondary N) is 2. The lowest BCUT2D eigenvalue weighted by Gasteiger charge is -2.34. The van der Waals surface area contributed by atoms with E-state index in [1.165, 1.54) is 6.07 Å². The number of alkyl halides is 3. The second-order valence-electron chi connectivity index (χ2n) is 7.14. The number of carbonyl (C=O) groups excluding carboxylic acids is 3. The van der Waals surface area contributed by atoms with Gasteiger partial charge in [-0.2, -0.15) is 13.2 Å². The van der Waals surface area contributed by atoms with Crippen molar-refractivity contribution < 1.29 is 41.4 Å². The molecule has 0 radical (unpaired) electrons. The summed E-state index contributed by atoms with van der Waals surface area (Å²) in [6.45, 7) is 3.05. The Kier molecular flexibility index (Phi) is 7.54. The number of rotatable bonds is 8. The lowest BCUT2D eigenvalue weighted by Crippen LogP contribution is -2.69. The third kappa shape index (κ3) is 5.02. The first-order valence-electron chi connectivity index (χ1n) is 10.2. The second kappa shape index (κ2) is 10.2. The van der Waals surface area contributed by atoms with E-state index in [1.54, 1.807) is 49.5 Å². The van der Waals surface area contributed by atoms with Crippen LogP contribution in [0.1, 0.15) is 33.4 Å². The van der Waals surface area contributed by atoms with E-state index in [4.69, 9.17) is 9.15 Å². The van der Waals surface area contributed by atoms with Crippen molar-refractivity contribution in [1.29, 1.82) is 0 Å². The second-order valence-corrected chi connectivity index (χ2v) is 8.16. The zero-order valence-electron chi connectivity index (χ0n) is 18.8. The number of furan rings is 1. The Morgan fingerprint density at radius 2 is 1.77 bits per heavy atom. The Morgan fingerprint density at radius 3 is 2.31 bits per heavy atom. The van der Waals surface area contributed by atoms with Crippen molar-refractivity contribution in [2.75, 3.05) is 19.0 Å². The van der Waals surface area contributed by atoms with Gasteiger partial charge in [-0.1, -0.05) is 30.3 Å². The predicted octanol–water partition coefficient (Wildman–Crippen LogP) is 4.77. The Morgan fingerprint density at radius 1 is 1.09 bits per heavy atom. The van der Waals surface area contributed by atoms with Crippen LogP contribution in [0.4, 0.5) is 18.2 Å². The number of esters is 2. The van der Waals surface area contributed by atoms with Crippen LogP contribution in [0.2, 0.25) is 0 Å². The number of ether oxygens (including phenoxy) is 2. The molecule has 0 spiro atoms. The van der Waals surface area contributed by atoms with E-state index in [1.807, 2.05) is 0 Å². The molecule has 0 saturated carbocycles. The summed E-state index contributed by atoms with van der Waals surface area (Å²) in [4.78, 5) is 38.4. The molecule has 12 heteroatoms. The Balaban J connectivity index is 2.20. The molecule has 35 heavy (non-hydrogen) atoms. The molecule has 1 amide bonds. The summed E-state index contributed by atoms with van der Waals surface area (Å²) in [5.74, 6) is -4.56. The molecular weight excluding hydrogens is 489 g/mol. The van der Waals surface area contributed by atoms with Gasteiger partial charge in [0.2, 0.25) is 0 Å². The molecular formula is C23H21F3N2O6S. The number of benzene rings is 1. The molecule has 3 rings (SSSR count). The predicted molar refractivity (Wildman–Crippen MR) is 121 cm³/mol. The van der Waals surface area contributed by atoms with Gasteiger partial charge < -0.3 is 24.5 Å². The summed E-state index contributed by atoms with van der Waals surface area (Å²) in [6, 6.07) is 11.1. The SMILES string of the molecule is CCOC(=O)c1c(NC(NC(=O)c2ccco2)(C(=O)OC)C(F)(F)F)sc(-c2ccccc2)c1C. The largest absolute Gasteiger partial charge is 0.466 e. The van der Waals surface area contributed by atoms with Gasteiger partial charge in [0.25, 0.3) is 5.91 Å². The quantitative estimate of drug-likeness (QED) is 0.332. The van der Waals surface area contributed by atoms with Crippen molar-refractivity contribution in [2.45, 2.75) is 25.7 Å². The van der Waals surface area contributed by atoms with E-state index < -0.39 is 35.4 Å². The van der Waals surface area contributed by atoms with Crippen molar-refractivity contribution >= 4 is 34.2 Å². The molecule has 1 atom stereocenters. The van der Waals surface area contributed by atoms with Crippen LogP contribution >= 0.6 is 11.3 Å². The number of amides is 1. The van der Waals surface area contributed by atoms with Gasteiger partial charge in [0.05, 0.1) is 25.5 Å². The summed E-state index contributed by atoms with van der Waals surface area (Å²) in [6.07, 6.45) is -4.32. The first-order valence-corrected chi connectivity index (χ1v) is 11.0. The van der Waals surface area contributed by atoms with Gasteiger partial charge in [0.15, 0.2) is 5.76 Å². The summed E-state index contributed by atoms with van der Waals surface area (Å²) in [5.41, 5.74) is -3.00. The fourth-order valence-corrected chi connectivity index (χ4v) is 4.53. The topological polar surface area (TPSA) is 107 Å². The van der Waals surface area contributed by atoms with Gasteiger partial charge in [0, 0.05) is 4.88 Å². The lowest BCUT2D eigenvalue weighted by molar-refractivity contribution is -0.203. The van der Waals surface area contributed by atoms with Crippen molar-refractivity contribution in [2.24, 2.45) is 0 Å². The number of halogens is 3. The molecule has 2 N–H and O–H groups in total. The number of carbonyl (C=O) groups is 3. The smallest absolute Gasteiger partial charge is 0.441 e. The maximum atomic E-state index is 14.5. The minimum Gasteiger partial charge on any atom is -0.466 e. The monoisotopic (exact) mass is 510 g/mol. The normalized spacial score (nSPS) is 13.0. The first-order chi connectivity index (χ1) is 16.6. The van der Waals surface area contributed by atoms with Crippen LogP contribution in [0.25, 0.3) is 10.4 Å². The Bertz CT molecular complexity index is 1210. The molecule has 2 heterocycles. The highest BCUT2D eigenvalue weighted by Crippen LogP contribution is 2.43. The first kappa shape index (κ1) is 25.8. The van der Waals surface area contributed by atoms with Gasteiger partial charge in [-0.05, 0) is 37.1 Å². The molecule has 3 aromatic rings. The average molecular weight is 510 g/mol. The van der Waals surface area contributed by atoms with Crippen LogP contribution in [-0.4, -0.2) is 43.4 Å². The van der Waals surface area contributed by atoms with Crippen molar-refractivity contribution in [1.82, 2.24) is 5.32 Å². The highest BCUT2D eigenvalue weighted by molar-refractivity contribution is 7.20. The highest BCUT2D eigenvalue weighted by Gasteiger charge is 2.64. The Labute approximate surface area is 202 Å². The van der Waals surface area contributed by atoms with E-state index >= 15 is 0 Å². The van der Waals surface area contributed by atoms with Crippen LogP contribution in [0.3, 0.4) is 0 Å². The molecule has 0 aliphatic rings. The van der Waals surface area contributed by atoms with E-state index in [2.05, 4.69) is 10.1 Å². The summed E-state index contributed by atoms with van der Waals surface area (Å²) in [7, 11) is 0.741. The minimum atomic E-state index is -5.40. The van der Waals surface area contributed by atoms with E-state index in [0.717, 1.165) is 30.8 Å². The van der Waals surface area contributed by atoms with E-state index in [0.29, 0.717) is 16.0 Å². The van der Waals surface area contributed by atoms with Crippen molar-refractivity contribution in [3.63, 3.8) is 0 Å². The molecule has 186 valence electrons. The number of thiophene rings is 1. The summed E-state index contributed by atoms with van der Waals surface area (Å²) in [5, 5.41) is 3.36. The van der Waals surface area contributed by atoms with Crippen LogP contribution in [0.15, 0.2) is 53.1 Å². The number of hydrogen-bond donors (Lipinski definition) is 2. The maximum Gasteiger partial charge on any atom is 0.441 e. The standard InChI is InChI=1S/C23H21F3N2O6S/c1-4-33-20(30)16-13(2)17(14-9-6-5-7-10-14)35-19(16)28-22(21(31)32-3,23(24,25)26)27-18(29)15-11-8-12-34-15/h5-12,28H,4H2,1-3H3,(H,27,29). The fraction of sp³-hybridized carbons (Fsp3) is 0.261. The molecule has 0 bridgehead atoms. The zero-order chi connectivity index (χ0) is 25.8. The fourth-order valence-electron chi connectivity index (χ4n) is 3.27. The lowest BCUT2D eigenvalue weighted by atomic mass is 10.1. The molecule has 0 aliphatic heterocycles. The minimum absolute atomic E-state index is 0.0368. The third-order valence-electron chi connectivity index (χ3n) is 4.93. The highest BCUT2D eigenvalue weighted by atomic mass is 32.1. The maximum absolute atomic E-state index is 14.5. The van der Waals surface area contributed by atoms with Crippen LogP contribution in [0, 0.1) is 6.92 Å². The average Bonchev–Trinajstić information content (AvgIpc) is 3.46. The summed E-state index contributed by atoms with van der Waals surface area (Å²) >= 11 is 0.794. The number of methoxy groups -OCH3 is 1. The third-order valence-corrected chi connectivity index (χ3v) is 6.18. The van der Waals surface area contributed by atoms with Crippen molar-refractivity contribution in [3.8, 4) is 10.4 Å². The van der Waals surface area contributed by atoms with Gasteiger partial charge in [-0.15, -0.1) is 11.3 Å². The summed E-state index contributed by atoms with van der Waals surface area (Å²) < 4.78 is 57.8. The van der Waals surface area contributed by atoms with E-state index in [-0.39, 0.29) is 17.2 Å². The van der Waals surface area contributed by atoms with Crippen LogP contribution in [-0.2, 0) is 14.3 Å². The molecule has 1 unspecified atom stereocenters. The van der Waals surface area contributed by atoms with Gasteiger partial charge in [0.1, 0.15) is 5.00 Å². The number of hydrogen-bond acceptors (Lipinski definition) is 8. The zero-order valence-corrected chi connectivity index (χ0v) is 19.6. The molecule has 0 saturated heterocycles. The van der Waals surface area contributed by atoms with Crippen molar-refractivity contribution in [3.05, 3.63) is 65.6 Å².